The number of β-amino-alcohol motifs (C(OH)–C–C–N with tert-alkyl or cyclic N) is 1. The van der Waals surface area contributed by atoms with Gasteiger partial charge in [-0.1, -0.05) is 0 Å². The highest BCUT2D eigenvalue weighted by Gasteiger charge is 2.44. The van der Waals surface area contributed by atoms with Gasteiger partial charge in [-0.2, -0.15) is 0 Å². The van der Waals surface area contributed by atoms with E-state index in [1.165, 1.54) is 19.5 Å². The molecule has 3 unspecified atom stereocenters. The van der Waals surface area contributed by atoms with E-state index in [9.17, 15) is 5.11 Å². The number of piperidine rings is 1. The van der Waals surface area contributed by atoms with Gasteiger partial charge >= 0.3 is 0 Å². The minimum atomic E-state index is -0.188. The summed E-state index contributed by atoms with van der Waals surface area (Å²) in [5.41, 5.74) is 0. The Morgan fingerprint density at radius 1 is 1.50 bits per heavy atom. The summed E-state index contributed by atoms with van der Waals surface area (Å²) in [5, 5.41) is 12.5. The van der Waals surface area contributed by atoms with Gasteiger partial charge in [-0.05, 0) is 25.3 Å². The molecule has 0 spiro atoms. The molecule has 0 aromatic rings. The molecule has 1 aliphatic heterocycles. The third kappa shape index (κ3) is 1.79. The average molecular weight is 170 g/mol. The smallest absolute Gasteiger partial charge is 0.0791 e. The van der Waals surface area contributed by atoms with Gasteiger partial charge in [-0.15, -0.1) is 0 Å². The van der Waals surface area contributed by atoms with Crippen molar-refractivity contribution in [1.82, 2.24) is 10.2 Å². The van der Waals surface area contributed by atoms with E-state index in [1.54, 1.807) is 0 Å². The predicted octanol–water partition coefficient (Wildman–Crippen LogP) is -0.482. The standard InChI is InChI=1S/C9H18N2O/c1-10-3-9(12)6-11-4-7-2-8(7)5-11/h7-10,12H,2-6H2,1H3. The maximum absolute atomic E-state index is 9.51. The molecule has 2 N–H and O–H groups in total. The lowest BCUT2D eigenvalue weighted by Gasteiger charge is -2.20. The van der Waals surface area contributed by atoms with Gasteiger partial charge in [0.1, 0.15) is 0 Å². The van der Waals surface area contributed by atoms with Crippen LogP contribution in [-0.2, 0) is 0 Å². The van der Waals surface area contributed by atoms with Crippen molar-refractivity contribution in [2.75, 3.05) is 33.2 Å². The van der Waals surface area contributed by atoms with Crippen LogP contribution in [0.15, 0.2) is 0 Å². The highest BCUT2D eigenvalue weighted by Crippen LogP contribution is 2.44. The van der Waals surface area contributed by atoms with E-state index in [2.05, 4.69) is 10.2 Å². The zero-order valence-corrected chi connectivity index (χ0v) is 7.66. The van der Waals surface area contributed by atoms with Crippen molar-refractivity contribution in [2.24, 2.45) is 11.8 Å². The van der Waals surface area contributed by atoms with Gasteiger partial charge < -0.3 is 15.3 Å². The Morgan fingerprint density at radius 3 is 2.75 bits per heavy atom. The summed E-state index contributed by atoms with van der Waals surface area (Å²) in [4.78, 5) is 2.39. The van der Waals surface area contributed by atoms with Crippen LogP contribution in [-0.4, -0.2) is 49.3 Å². The van der Waals surface area contributed by atoms with Crippen LogP contribution < -0.4 is 5.32 Å². The topological polar surface area (TPSA) is 35.5 Å². The Morgan fingerprint density at radius 2 is 2.17 bits per heavy atom. The fourth-order valence-corrected chi connectivity index (χ4v) is 2.24. The van der Waals surface area contributed by atoms with Gasteiger partial charge in [0.25, 0.3) is 0 Å². The molecule has 3 heteroatoms. The van der Waals surface area contributed by atoms with E-state index in [-0.39, 0.29) is 6.10 Å². The fourth-order valence-electron chi connectivity index (χ4n) is 2.24. The summed E-state index contributed by atoms with van der Waals surface area (Å²) in [6.45, 7) is 4.02. The molecule has 1 saturated carbocycles. The second-order valence-corrected chi connectivity index (χ2v) is 4.19. The lowest BCUT2D eigenvalue weighted by atomic mass is 10.3. The number of aliphatic hydroxyl groups is 1. The first-order valence-corrected chi connectivity index (χ1v) is 4.84. The van der Waals surface area contributed by atoms with Gasteiger partial charge in [0.15, 0.2) is 0 Å². The molecule has 0 radical (unpaired) electrons. The summed E-state index contributed by atoms with van der Waals surface area (Å²) in [7, 11) is 1.88. The van der Waals surface area contributed by atoms with Crippen molar-refractivity contribution in [2.45, 2.75) is 12.5 Å². The molecule has 0 aromatic carbocycles. The van der Waals surface area contributed by atoms with Crippen LogP contribution in [0.1, 0.15) is 6.42 Å². The monoisotopic (exact) mass is 170 g/mol. The number of likely N-dealkylation sites (tertiary alicyclic amines) is 1. The van der Waals surface area contributed by atoms with E-state index < -0.39 is 0 Å². The number of rotatable bonds is 4. The van der Waals surface area contributed by atoms with Crippen LogP contribution in [0.3, 0.4) is 0 Å². The van der Waals surface area contributed by atoms with Crippen molar-refractivity contribution in [3.05, 3.63) is 0 Å². The Bertz CT molecular complexity index is 153. The van der Waals surface area contributed by atoms with Crippen molar-refractivity contribution in [3.8, 4) is 0 Å². The maximum Gasteiger partial charge on any atom is 0.0791 e. The number of nitrogens with one attached hydrogen (secondary N) is 1. The zero-order valence-electron chi connectivity index (χ0n) is 7.66. The van der Waals surface area contributed by atoms with Gasteiger partial charge in [0, 0.05) is 26.2 Å². The SMILES string of the molecule is CNCC(O)CN1CC2CC2C1. The lowest BCUT2D eigenvalue weighted by Crippen LogP contribution is -2.37. The van der Waals surface area contributed by atoms with E-state index >= 15 is 0 Å². The number of likely N-dealkylation sites (N-methyl/N-ethyl adjacent to an activating group) is 1. The molecule has 1 aliphatic carbocycles. The number of hydrogen-bond donors (Lipinski definition) is 2. The zero-order chi connectivity index (χ0) is 8.55. The Kier molecular flexibility index (Phi) is 2.35. The second-order valence-electron chi connectivity index (χ2n) is 4.19. The van der Waals surface area contributed by atoms with Gasteiger partial charge in [-0.3, -0.25) is 0 Å². The van der Waals surface area contributed by atoms with Gasteiger partial charge in [0.2, 0.25) is 0 Å². The largest absolute Gasteiger partial charge is 0.390 e. The second kappa shape index (κ2) is 3.32. The third-order valence-corrected chi connectivity index (χ3v) is 2.96. The van der Waals surface area contributed by atoms with E-state index in [0.29, 0.717) is 6.54 Å². The molecule has 3 nitrogen and oxygen atoms in total. The Labute approximate surface area is 73.8 Å². The lowest BCUT2D eigenvalue weighted by molar-refractivity contribution is 0.119. The summed E-state index contributed by atoms with van der Waals surface area (Å²) in [6, 6.07) is 0. The minimum absolute atomic E-state index is 0.188. The van der Waals surface area contributed by atoms with E-state index in [4.69, 9.17) is 0 Å². The van der Waals surface area contributed by atoms with E-state index in [1.807, 2.05) is 7.05 Å². The summed E-state index contributed by atoms with van der Waals surface area (Å²) < 4.78 is 0. The molecule has 2 rings (SSSR count). The highest BCUT2D eigenvalue weighted by molar-refractivity contribution is 4.97. The number of aliphatic hydroxyl groups excluding tert-OH is 1. The van der Waals surface area contributed by atoms with E-state index in [0.717, 1.165) is 18.4 Å². The quantitative estimate of drug-likeness (QED) is 0.598. The Balaban J connectivity index is 1.66. The molecule has 3 atom stereocenters. The molecule has 1 saturated heterocycles. The third-order valence-electron chi connectivity index (χ3n) is 2.96. The molecule has 12 heavy (non-hydrogen) atoms. The molecule has 0 bridgehead atoms. The highest BCUT2D eigenvalue weighted by atomic mass is 16.3. The molecule has 0 aromatic heterocycles. The molecule has 0 amide bonds. The van der Waals surface area contributed by atoms with Crippen LogP contribution in [0.2, 0.25) is 0 Å². The van der Waals surface area contributed by atoms with Crippen LogP contribution in [0.25, 0.3) is 0 Å². The summed E-state index contributed by atoms with van der Waals surface area (Å²) in [5.74, 6) is 1.96. The molecule has 2 aliphatic rings. The Hall–Kier alpha value is -0.120. The van der Waals surface area contributed by atoms with Crippen molar-refractivity contribution >= 4 is 0 Å². The van der Waals surface area contributed by atoms with Crippen molar-refractivity contribution in [3.63, 3.8) is 0 Å². The molecule has 1 heterocycles. The molecular weight excluding hydrogens is 152 g/mol. The summed E-state index contributed by atoms with van der Waals surface area (Å²) >= 11 is 0. The number of hydrogen-bond acceptors (Lipinski definition) is 3. The van der Waals surface area contributed by atoms with Gasteiger partial charge in [-0.25, -0.2) is 0 Å². The minimum Gasteiger partial charge on any atom is -0.390 e. The fraction of sp³-hybridized carbons (Fsp3) is 1.00. The van der Waals surface area contributed by atoms with Crippen molar-refractivity contribution in [1.29, 1.82) is 0 Å². The average Bonchev–Trinajstić information content (AvgIpc) is 2.60. The first kappa shape index (κ1) is 8.48. The van der Waals surface area contributed by atoms with Crippen molar-refractivity contribution < 1.29 is 5.11 Å². The van der Waals surface area contributed by atoms with Crippen LogP contribution in [0.4, 0.5) is 0 Å². The summed E-state index contributed by atoms with van der Waals surface area (Å²) in [6.07, 6.45) is 1.26. The normalized spacial score (nSPS) is 36.5. The van der Waals surface area contributed by atoms with Crippen LogP contribution in [0, 0.1) is 11.8 Å². The molecular formula is C9H18N2O. The first-order chi connectivity index (χ1) is 5.79. The van der Waals surface area contributed by atoms with Crippen LogP contribution in [0.5, 0.6) is 0 Å². The number of fused-ring (bicyclic) bond motifs is 1. The van der Waals surface area contributed by atoms with Crippen LogP contribution >= 0.6 is 0 Å². The maximum atomic E-state index is 9.51. The molecule has 70 valence electrons. The first-order valence-electron chi connectivity index (χ1n) is 4.84. The molecule has 2 fully saturated rings. The predicted molar refractivity (Wildman–Crippen MR) is 48.0 cm³/mol. The van der Waals surface area contributed by atoms with Gasteiger partial charge in [0.05, 0.1) is 6.10 Å². The number of nitrogens with zero attached hydrogens (tertiary/aromatic N) is 1.